The van der Waals surface area contributed by atoms with Gasteiger partial charge in [-0.2, -0.15) is 0 Å². The van der Waals surface area contributed by atoms with Crippen LogP contribution in [0.15, 0.2) is 61.2 Å². The molecule has 2 aromatic rings. The topological polar surface area (TPSA) is 26.0 Å². The van der Waals surface area contributed by atoms with Crippen molar-refractivity contribution in [2.45, 2.75) is 16.2 Å². The molecule has 0 spiro atoms. The molecule has 1 nitrogen and oxygen atoms in total. The fourth-order valence-electron chi connectivity index (χ4n) is 1.59. The molecule has 94 valence electrons. The summed E-state index contributed by atoms with van der Waals surface area (Å²) in [5.74, 6) is 0. The van der Waals surface area contributed by atoms with E-state index >= 15 is 0 Å². The van der Waals surface area contributed by atoms with E-state index in [0.717, 1.165) is 15.4 Å². The van der Waals surface area contributed by atoms with E-state index in [9.17, 15) is 0 Å². The third kappa shape index (κ3) is 3.85. The predicted molar refractivity (Wildman–Crippen MR) is 85.2 cm³/mol. The Kier molecular flexibility index (Phi) is 5.30. The van der Waals surface area contributed by atoms with Gasteiger partial charge < -0.3 is 5.73 Å². The van der Waals surface area contributed by atoms with Crippen LogP contribution in [-0.4, -0.2) is 6.54 Å². The quantitative estimate of drug-likeness (QED) is 0.811. The first-order valence-corrected chi connectivity index (χ1v) is 8.01. The summed E-state index contributed by atoms with van der Waals surface area (Å²) in [6, 6.07) is 14.8. The molecule has 0 aliphatic carbocycles. The van der Waals surface area contributed by atoms with Gasteiger partial charge in [0.2, 0.25) is 0 Å². The lowest BCUT2D eigenvalue weighted by Gasteiger charge is -2.06. The van der Waals surface area contributed by atoms with Gasteiger partial charge in [0.05, 0.1) is 0 Å². The van der Waals surface area contributed by atoms with E-state index in [1.54, 1.807) is 11.8 Å². The van der Waals surface area contributed by atoms with E-state index in [1.165, 1.54) is 15.4 Å². The Labute approximate surface area is 128 Å². The molecule has 18 heavy (non-hydrogen) atoms. The molecule has 0 radical (unpaired) electrons. The summed E-state index contributed by atoms with van der Waals surface area (Å²) >= 11 is 8.79. The van der Waals surface area contributed by atoms with Crippen molar-refractivity contribution in [3.8, 4) is 0 Å². The van der Waals surface area contributed by atoms with E-state index in [4.69, 9.17) is 5.73 Å². The summed E-state index contributed by atoms with van der Waals surface area (Å²) in [6.07, 6.45) is 0.907. The molecule has 0 saturated carbocycles. The number of halogens is 2. The largest absolute Gasteiger partial charge is 0.330 e. The van der Waals surface area contributed by atoms with Crippen molar-refractivity contribution in [2.75, 3.05) is 6.54 Å². The molecule has 2 N–H and O–H groups in total. The van der Waals surface area contributed by atoms with E-state index in [-0.39, 0.29) is 0 Å². The van der Waals surface area contributed by atoms with Crippen LogP contribution in [-0.2, 0) is 6.42 Å². The molecule has 0 aliphatic rings. The Hall–Kier alpha value is -0.290. The third-order valence-electron chi connectivity index (χ3n) is 2.49. The first-order valence-electron chi connectivity index (χ1n) is 5.61. The van der Waals surface area contributed by atoms with Gasteiger partial charge in [0.15, 0.2) is 0 Å². The van der Waals surface area contributed by atoms with Crippen LogP contribution in [0.4, 0.5) is 0 Å². The normalized spacial score (nSPS) is 10.6. The molecule has 0 fully saturated rings. The Morgan fingerprint density at radius 2 is 1.61 bits per heavy atom. The van der Waals surface area contributed by atoms with Crippen molar-refractivity contribution >= 4 is 43.6 Å². The summed E-state index contributed by atoms with van der Waals surface area (Å²) in [6.45, 7) is 0.678. The maximum absolute atomic E-state index is 5.57. The smallest absolute Gasteiger partial charge is 0.0219 e. The van der Waals surface area contributed by atoms with E-state index in [1.807, 2.05) is 0 Å². The zero-order chi connectivity index (χ0) is 13.0. The van der Waals surface area contributed by atoms with Gasteiger partial charge in [-0.05, 0) is 54.9 Å². The lowest BCUT2D eigenvalue weighted by molar-refractivity contribution is 0.960. The SMILES string of the molecule is NCCc1ccc(Sc2ccc(Br)cc2)cc1Br. The van der Waals surface area contributed by atoms with Gasteiger partial charge in [-0.15, -0.1) is 0 Å². The minimum atomic E-state index is 0.678. The van der Waals surface area contributed by atoms with Crippen molar-refractivity contribution < 1.29 is 0 Å². The lowest BCUT2D eigenvalue weighted by atomic mass is 10.1. The van der Waals surface area contributed by atoms with E-state index < -0.39 is 0 Å². The first-order chi connectivity index (χ1) is 8.69. The zero-order valence-corrected chi connectivity index (χ0v) is 13.7. The molecule has 0 saturated heterocycles. The fourth-order valence-corrected chi connectivity index (χ4v) is 3.44. The van der Waals surface area contributed by atoms with Gasteiger partial charge in [0.25, 0.3) is 0 Å². The van der Waals surface area contributed by atoms with Crippen LogP contribution in [0.25, 0.3) is 0 Å². The highest BCUT2D eigenvalue weighted by atomic mass is 79.9. The number of benzene rings is 2. The Morgan fingerprint density at radius 3 is 2.22 bits per heavy atom. The van der Waals surface area contributed by atoms with E-state index in [2.05, 4.69) is 74.3 Å². The van der Waals surface area contributed by atoms with Crippen LogP contribution in [0.3, 0.4) is 0 Å². The molecular weight excluding hydrogens is 374 g/mol. The highest BCUT2D eigenvalue weighted by molar-refractivity contribution is 9.10. The average Bonchev–Trinajstić information content (AvgIpc) is 2.36. The van der Waals surface area contributed by atoms with Gasteiger partial charge in [0.1, 0.15) is 0 Å². The van der Waals surface area contributed by atoms with Crippen LogP contribution >= 0.6 is 43.6 Å². The Morgan fingerprint density at radius 1 is 0.944 bits per heavy atom. The minimum Gasteiger partial charge on any atom is -0.330 e. The second kappa shape index (κ2) is 6.75. The van der Waals surface area contributed by atoms with Crippen molar-refractivity contribution in [1.82, 2.24) is 0 Å². The first kappa shape index (κ1) is 14.1. The van der Waals surface area contributed by atoms with Crippen LogP contribution in [0.1, 0.15) is 5.56 Å². The number of nitrogens with two attached hydrogens (primary N) is 1. The summed E-state index contributed by atoms with van der Waals surface area (Å²) in [7, 11) is 0. The summed E-state index contributed by atoms with van der Waals surface area (Å²) < 4.78 is 2.24. The second-order valence-corrected chi connectivity index (χ2v) is 6.76. The zero-order valence-electron chi connectivity index (χ0n) is 9.70. The summed E-state index contributed by atoms with van der Waals surface area (Å²) in [5.41, 5.74) is 6.84. The number of hydrogen-bond donors (Lipinski definition) is 1. The highest BCUT2D eigenvalue weighted by Crippen LogP contribution is 2.31. The van der Waals surface area contributed by atoms with Crippen molar-refractivity contribution in [1.29, 1.82) is 0 Å². The van der Waals surface area contributed by atoms with Gasteiger partial charge in [-0.1, -0.05) is 49.7 Å². The Bertz CT molecular complexity index is 526. The molecule has 2 aromatic carbocycles. The Balaban J connectivity index is 2.14. The highest BCUT2D eigenvalue weighted by Gasteiger charge is 2.02. The molecule has 4 heteroatoms. The molecule has 0 unspecified atom stereocenters. The second-order valence-electron chi connectivity index (χ2n) is 3.85. The van der Waals surface area contributed by atoms with Gasteiger partial charge in [-0.3, -0.25) is 0 Å². The monoisotopic (exact) mass is 385 g/mol. The van der Waals surface area contributed by atoms with Crippen LogP contribution in [0, 0.1) is 0 Å². The maximum Gasteiger partial charge on any atom is 0.0219 e. The maximum atomic E-state index is 5.57. The predicted octanol–water partition coefficient (Wildman–Crippen LogP) is 4.86. The summed E-state index contributed by atoms with van der Waals surface area (Å²) in [4.78, 5) is 2.46. The minimum absolute atomic E-state index is 0.678. The van der Waals surface area contributed by atoms with Crippen molar-refractivity contribution in [3.63, 3.8) is 0 Å². The van der Waals surface area contributed by atoms with Gasteiger partial charge in [0, 0.05) is 18.7 Å². The van der Waals surface area contributed by atoms with Crippen molar-refractivity contribution in [3.05, 3.63) is 57.0 Å². The molecule has 0 aromatic heterocycles. The lowest BCUT2D eigenvalue weighted by Crippen LogP contribution is -2.03. The molecule has 0 atom stereocenters. The fraction of sp³-hybridized carbons (Fsp3) is 0.143. The summed E-state index contributed by atoms with van der Waals surface area (Å²) in [5, 5.41) is 0. The standard InChI is InChI=1S/C14H13Br2NS/c15-11-2-5-12(6-3-11)18-13-4-1-10(7-8-17)14(16)9-13/h1-6,9H,7-8,17H2. The van der Waals surface area contributed by atoms with Gasteiger partial charge >= 0.3 is 0 Å². The molecule has 0 amide bonds. The number of rotatable bonds is 4. The van der Waals surface area contributed by atoms with Crippen LogP contribution in [0.5, 0.6) is 0 Å². The van der Waals surface area contributed by atoms with Gasteiger partial charge in [-0.25, -0.2) is 0 Å². The molecule has 0 aliphatic heterocycles. The average molecular weight is 387 g/mol. The molecular formula is C14H13Br2NS. The van der Waals surface area contributed by atoms with E-state index in [0.29, 0.717) is 6.54 Å². The van der Waals surface area contributed by atoms with Crippen molar-refractivity contribution in [2.24, 2.45) is 5.73 Å². The molecule has 0 bridgehead atoms. The number of hydrogen-bond acceptors (Lipinski definition) is 2. The molecule has 0 heterocycles. The van der Waals surface area contributed by atoms with Crippen LogP contribution in [0.2, 0.25) is 0 Å². The third-order valence-corrected chi connectivity index (χ3v) is 4.75. The van der Waals surface area contributed by atoms with Crippen LogP contribution < -0.4 is 5.73 Å². The molecule has 2 rings (SSSR count).